The van der Waals surface area contributed by atoms with E-state index in [1.54, 1.807) is 0 Å². The minimum absolute atomic E-state index is 0.0594. The predicted octanol–water partition coefficient (Wildman–Crippen LogP) is 2.79. The van der Waals surface area contributed by atoms with Crippen molar-refractivity contribution in [3.8, 4) is 0 Å². The number of hydrogen-bond donors (Lipinski definition) is 1. The summed E-state index contributed by atoms with van der Waals surface area (Å²) in [5.41, 5.74) is 0.456. The van der Waals surface area contributed by atoms with Gasteiger partial charge in [-0.2, -0.15) is 8.42 Å². The molecule has 0 unspecified atom stereocenters. The summed E-state index contributed by atoms with van der Waals surface area (Å²) in [6.45, 7) is 1.40. The Hall–Kier alpha value is -3.43. The van der Waals surface area contributed by atoms with E-state index in [9.17, 15) is 23.3 Å². The zero-order chi connectivity index (χ0) is 24.5. The van der Waals surface area contributed by atoms with E-state index in [1.807, 2.05) is 4.90 Å². The fraction of sp³-hybridized carbons (Fsp3) is 0.263. The molecule has 1 aliphatic heterocycles. The van der Waals surface area contributed by atoms with Gasteiger partial charge in [-0.25, -0.2) is 4.79 Å². The van der Waals surface area contributed by atoms with Crippen molar-refractivity contribution in [1.29, 1.82) is 0 Å². The number of benzene rings is 1. The maximum Gasteiger partial charge on any atom is 0.349 e. The largest absolute Gasteiger partial charge is 0.465 e. The Morgan fingerprint density at radius 3 is 2.50 bits per heavy atom. The number of nitrogens with zero attached hydrogens (tertiary/aromatic N) is 5. The highest BCUT2D eigenvalue weighted by Crippen LogP contribution is 2.27. The third-order valence-electron chi connectivity index (χ3n) is 5.02. The number of rotatable bonds is 7. The molecule has 12 nitrogen and oxygen atoms in total. The molecule has 0 spiro atoms. The molecule has 0 aliphatic carbocycles. The third kappa shape index (κ3) is 4.49. The van der Waals surface area contributed by atoms with E-state index in [0.29, 0.717) is 28.0 Å². The molecule has 0 radical (unpaired) electrons. The SMILES string of the molecule is COC(=O)c1sccc1S(=O)(=O)n1nc(Nc2ccc([N+](=O)[O-])cc2)c(C(=S)N2CCCC2)n1. The van der Waals surface area contributed by atoms with Crippen LogP contribution in [0.1, 0.15) is 28.2 Å². The summed E-state index contributed by atoms with van der Waals surface area (Å²) in [4.78, 5) is 24.3. The van der Waals surface area contributed by atoms with E-state index >= 15 is 0 Å². The predicted molar refractivity (Wildman–Crippen MR) is 127 cm³/mol. The van der Waals surface area contributed by atoms with Crippen LogP contribution in [0.2, 0.25) is 0 Å². The number of carbonyl (C=O) groups is 1. The summed E-state index contributed by atoms with van der Waals surface area (Å²) in [5, 5.41) is 23.6. The molecule has 1 saturated heterocycles. The van der Waals surface area contributed by atoms with Gasteiger partial charge in [0.1, 0.15) is 14.8 Å². The van der Waals surface area contributed by atoms with Crippen LogP contribution in [0.15, 0.2) is 40.6 Å². The lowest BCUT2D eigenvalue weighted by molar-refractivity contribution is -0.384. The summed E-state index contributed by atoms with van der Waals surface area (Å²) in [7, 11) is -3.20. The highest BCUT2D eigenvalue weighted by atomic mass is 32.2. The fourth-order valence-corrected chi connectivity index (χ4v) is 6.01. The van der Waals surface area contributed by atoms with E-state index in [-0.39, 0.29) is 27.0 Å². The topological polar surface area (TPSA) is 150 Å². The number of methoxy groups -OCH3 is 1. The molecular formula is C19H18N6O6S3. The van der Waals surface area contributed by atoms with Crippen molar-refractivity contribution in [2.75, 3.05) is 25.5 Å². The zero-order valence-corrected chi connectivity index (χ0v) is 20.2. The molecule has 4 rings (SSSR count). The first-order valence-corrected chi connectivity index (χ1v) is 12.6. The molecule has 3 heterocycles. The normalized spacial score (nSPS) is 13.6. The second kappa shape index (κ2) is 9.44. The number of aromatic nitrogens is 3. The number of thiocarbonyl (C=S) groups is 1. The maximum absolute atomic E-state index is 13.3. The van der Waals surface area contributed by atoms with Gasteiger partial charge in [0.05, 0.1) is 12.0 Å². The van der Waals surface area contributed by atoms with Gasteiger partial charge in [-0.3, -0.25) is 10.1 Å². The molecule has 34 heavy (non-hydrogen) atoms. The minimum atomic E-state index is -4.35. The van der Waals surface area contributed by atoms with Gasteiger partial charge in [-0.05, 0) is 36.4 Å². The molecular weight excluding hydrogens is 504 g/mol. The minimum Gasteiger partial charge on any atom is -0.465 e. The van der Waals surface area contributed by atoms with Crippen LogP contribution in [0.5, 0.6) is 0 Å². The molecule has 0 bridgehead atoms. The van der Waals surface area contributed by atoms with Crippen molar-refractivity contribution in [2.45, 2.75) is 17.7 Å². The van der Waals surface area contributed by atoms with Crippen molar-refractivity contribution in [3.05, 3.63) is 56.4 Å². The molecule has 3 aromatic rings. The van der Waals surface area contributed by atoms with Crippen LogP contribution in [0.4, 0.5) is 17.2 Å². The third-order valence-corrected chi connectivity index (χ3v) is 7.99. The highest BCUT2D eigenvalue weighted by molar-refractivity contribution is 7.90. The highest BCUT2D eigenvalue weighted by Gasteiger charge is 2.31. The van der Waals surface area contributed by atoms with E-state index in [4.69, 9.17) is 12.2 Å². The molecule has 1 fully saturated rings. The van der Waals surface area contributed by atoms with Gasteiger partial charge in [0.15, 0.2) is 11.5 Å². The van der Waals surface area contributed by atoms with Gasteiger partial charge in [-0.1, -0.05) is 16.4 Å². The van der Waals surface area contributed by atoms with Crippen LogP contribution in [0, 0.1) is 10.1 Å². The lowest BCUT2D eigenvalue weighted by Crippen LogP contribution is -2.28. The number of thiophene rings is 1. The van der Waals surface area contributed by atoms with E-state index < -0.39 is 20.9 Å². The van der Waals surface area contributed by atoms with Crippen LogP contribution in [-0.4, -0.2) is 63.8 Å². The number of anilines is 2. The second-order valence-electron chi connectivity index (χ2n) is 7.16. The molecule has 0 atom stereocenters. The number of nitrogens with one attached hydrogen (secondary N) is 1. The smallest absolute Gasteiger partial charge is 0.349 e. The molecule has 15 heteroatoms. The average Bonchev–Trinajstić information content (AvgIpc) is 3.59. The quantitative estimate of drug-likeness (QED) is 0.211. The van der Waals surface area contributed by atoms with E-state index in [1.165, 1.54) is 35.7 Å². The van der Waals surface area contributed by atoms with Gasteiger partial charge in [0.2, 0.25) is 0 Å². The van der Waals surface area contributed by atoms with Crippen LogP contribution >= 0.6 is 23.6 Å². The van der Waals surface area contributed by atoms with Crippen molar-refractivity contribution in [1.82, 2.24) is 19.3 Å². The first-order chi connectivity index (χ1) is 16.2. The van der Waals surface area contributed by atoms with E-state index in [2.05, 4.69) is 20.3 Å². The number of likely N-dealkylation sites (tertiary alicyclic amines) is 1. The number of hydrogen-bond acceptors (Lipinski definition) is 11. The Morgan fingerprint density at radius 1 is 1.21 bits per heavy atom. The number of esters is 1. The maximum atomic E-state index is 13.3. The van der Waals surface area contributed by atoms with Crippen molar-refractivity contribution in [3.63, 3.8) is 0 Å². The molecule has 1 aromatic carbocycles. The number of nitro benzene ring substituents is 1. The fourth-order valence-electron chi connectivity index (χ4n) is 3.33. The van der Waals surface area contributed by atoms with Gasteiger partial charge >= 0.3 is 16.0 Å². The molecule has 1 N–H and O–H groups in total. The van der Waals surface area contributed by atoms with Crippen LogP contribution in [0.25, 0.3) is 0 Å². The molecule has 1 aliphatic rings. The Bertz CT molecular complexity index is 1360. The summed E-state index contributed by atoms with van der Waals surface area (Å²) in [6.07, 6.45) is 1.88. The molecule has 2 aromatic heterocycles. The Morgan fingerprint density at radius 2 is 1.88 bits per heavy atom. The lowest BCUT2D eigenvalue weighted by atomic mass is 10.3. The number of nitro groups is 1. The number of non-ortho nitro benzene ring substituents is 1. The van der Waals surface area contributed by atoms with Gasteiger partial charge < -0.3 is 15.0 Å². The summed E-state index contributed by atoms with van der Waals surface area (Å²) < 4.78 is 31.8. The molecule has 178 valence electrons. The van der Waals surface area contributed by atoms with Crippen LogP contribution in [-0.2, 0) is 14.8 Å². The standard InChI is InChI=1S/C19H18N6O6S3/c1-31-19(26)16-14(8-11-33-16)34(29,30)25-21-15(18(32)23-9-2-3-10-23)17(22-25)20-12-4-6-13(7-5-12)24(27)28/h4-8,11H,2-3,9-10H2,1H3,(H,20,22). The summed E-state index contributed by atoms with van der Waals surface area (Å²) >= 11 is 6.50. The Kier molecular flexibility index (Phi) is 6.58. The van der Waals surface area contributed by atoms with Crippen molar-refractivity contribution < 1.29 is 22.9 Å². The first-order valence-electron chi connectivity index (χ1n) is 9.92. The summed E-state index contributed by atoms with van der Waals surface area (Å²) in [6, 6.07) is 6.80. The second-order valence-corrected chi connectivity index (χ2v) is 10.2. The van der Waals surface area contributed by atoms with Gasteiger partial charge in [0.25, 0.3) is 5.69 Å². The number of ether oxygens (including phenoxy) is 1. The molecule has 0 amide bonds. The molecule has 0 saturated carbocycles. The number of carbonyl (C=O) groups excluding carboxylic acids is 1. The summed E-state index contributed by atoms with van der Waals surface area (Å²) in [5.74, 6) is -0.734. The zero-order valence-electron chi connectivity index (χ0n) is 17.7. The lowest BCUT2D eigenvalue weighted by Gasteiger charge is -2.17. The monoisotopic (exact) mass is 522 g/mol. The van der Waals surface area contributed by atoms with Crippen molar-refractivity contribution >= 4 is 61.7 Å². The first kappa shape index (κ1) is 23.7. The van der Waals surface area contributed by atoms with Crippen LogP contribution < -0.4 is 5.32 Å². The van der Waals surface area contributed by atoms with Gasteiger partial charge in [-0.15, -0.1) is 21.5 Å². The Labute approximate surface area is 203 Å². The van der Waals surface area contributed by atoms with E-state index in [0.717, 1.165) is 31.3 Å². The Balaban J connectivity index is 1.76. The van der Waals surface area contributed by atoms with Gasteiger partial charge in [0, 0.05) is 30.9 Å². The average molecular weight is 523 g/mol. The van der Waals surface area contributed by atoms with Crippen LogP contribution in [0.3, 0.4) is 0 Å². The van der Waals surface area contributed by atoms with Crippen molar-refractivity contribution in [2.24, 2.45) is 0 Å².